The Morgan fingerprint density at radius 1 is 0.897 bits per heavy atom. The highest BCUT2D eigenvalue weighted by molar-refractivity contribution is 5.96. The highest BCUT2D eigenvalue weighted by Crippen LogP contribution is 2.30. The van der Waals surface area contributed by atoms with E-state index in [2.05, 4.69) is 10.6 Å². The van der Waals surface area contributed by atoms with Crippen LogP contribution in [0.1, 0.15) is 22.8 Å². The van der Waals surface area contributed by atoms with Gasteiger partial charge in [0.1, 0.15) is 18.1 Å². The number of nitrogens with one attached hydrogen (secondary N) is 2. The summed E-state index contributed by atoms with van der Waals surface area (Å²) < 4.78 is 48.0. The van der Waals surface area contributed by atoms with Crippen LogP contribution in [0.4, 0.5) is 13.2 Å². The first-order valence-electron chi connectivity index (χ1n) is 8.87. The zero-order valence-electron chi connectivity index (χ0n) is 15.7. The van der Waals surface area contributed by atoms with Gasteiger partial charge in [-0.1, -0.05) is 0 Å². The predicted octanol–water partition coefficient (Wildman–Crippen LogP) is 3.03. The summed E-state index contributed by atoms with van der Waals surface area (Å²) >= 11 is 0. The molecule has 0 aromatic heterocycles. The van der Waals surface area contributed by atoms with Gasteiger partial charge in [-0.2, -0.15) is 13.2 Å². The molecular formula is C20H21F3N2O4. The lowest BCUT2D eigenvalue weighted by Crippen LogP contribution is -2.38. The van der Waals surface area contributed by atoms with E-state index in [0.29, 0.717) is 17.9 Å². The third-order valence-corrected chi connectivity index (χ3v) is 3.71. The van der Waals surface area contributed by atoms with E-state index >= 15 is 0 Å². The highest BCUT2D eigenvalue weighted by atomic mass is 19.4. The first-order chi connectivity index (χ1) is 13.8. The summed E-state index contributed by atoms with van der Waals surface area (Å²) in [4.78, 5) is 23.8. The number of hydrogen-bond donors (Lipinski definition) is 2. The molecule has 0 fully saturated rings. The quantitative estimate of drug-likeness (QED) is 0.623. The fraction of sp³-hybridized carbons (Fsp3) is 0.300. The van der Waals surface area contributed by atoms with Gasteiger partial charge in [-0.05, 0) is 55.5 Å². The molecule has 6 nitrogen and oxygen atoms in total. The van der Waals surface area contributed by atoms with E-state index in [1.165, 1.54) is 12.1 Å². The van der Waals surface area contributed by atoms with E-state index in [-0.39, 0.29) is 25.4 Å². The third kappa shape index (κ3) is 7.36. The van der Waals surface area contributed by atoms with Gasteiger partial charge in [0.2, 0.25) is 5.91 Å². The van der Waals surface area contributed by atoms with Crippen molar-refractivity contribution >= 4 is 11.8 Å². The molecule has 2 aromatic rings. The van der Waals surface area contributed by atoms with E-state index in [4.69, 9.17) is 9.47 Å². The molecular weight excluding hydrogens is 389 g/mol. The Hall–Kier alpha value is -3.23. The molecule has 0 heterocycles. The Morgan fingerprint density at radius 2 is 1.48 bits per heavy atom. The molecule has 0 unspecified atom stereocenters. The first kappa shape index (κ1) is 22.1. The van der Waals surface area contributed by atoms with Gasteiger partial charge >= 0.3 is 6.18 Å². The topological polar surface area (TPSA) is 76.7 Å². The van der Waals surface area contributed by atoms with Crippen LogP contribution in [0.2, 0.25) is 0 Å². The van der Waals surface area contributed by atoms with Crippen LogP contribution in [0, 0.1) is 0 Å². The minimum absolute atomic E-state index is 0.0734. The van der Waals surface area contributed by atoms with Crippen molar-refractivity contribution in [2.24, 2.45) is 0 Å². The molecule has 0 radical (unpaired) electrons. The molecule has 0 saturated carbocycles. The molecule has 156 valence electrons. The van der Waals surface area contributed by atoms with Gasteiger partial charge < -0.3 is 20.1 Å². The number of carbonyl (C=O) groups is 2. The molecule has 2 aromatic carbocycles. The third-order valence-electron chi connectivity index (χ3n) is 3.71. The molecule has 0 atom stereocenters. The lowest BCUT2D eigenvalue weighted by molar-refractivity contribution is -0.137. The monoisotopic (exact) mass is 410 g/mol. The second-order valence-electron chi connectivity index (χ2n) is 5.86. The van der Waals surface area contributed by atoms with Crippen LogP contribution < -0.4 is 20.1 Å². The fourth-order valence-electron chi connectivity index (χ4n) is 2.29. The summed E-state index contributed by atoms with van der Waals surface area (Å²) in [5.74, 6) is 0.0930. The highest BCUT2D eigenvalue weighted by Gasteiger charge is 2.29. The Labute approximate surface area is 166 Å². The molecule has 0 aliphatic carbocycles. The van der Waals surface area contributed by atoms with E-state index < -0.39 is 23.6 Å². The number of hydrogen-bond acceptors (Lipinski definition) is 4. The van der Waals surface area contributed by atoms with Crippen molar-refractivity contribution in [1.29, 1.82) is 0 Å². The second-order valence-corrected chi connectivity index (χ2v) is 5.86. The lowest BCUT2D eigenvalue weighted by atomic mass is 10.2. The lowest BCUT2D eigenvalue weighted by Gasteiger charge is -2.10. The van der Waals surface area contributed by atoms with Gasteiger partial charge in [0.15, 0.2) is 0 Å². The summed E-state index contributed by atoms with van der Waals surface area (Å²) in [6.45, 7) is 2.37. The number of benzene rings is 2. The van der Waals surface area contributed by atoms with E-state index in [1.54, 1.807) is 24.3 Å². The van der Waals surface area contributed by atoms with Crippen molar-refractivity contribution in [2.45, 2.75) is 13.1 Å². The van der Waals surface area contributed by atoms with Crippen LogP contribution >= 0.6 is 0 Å². The standard InChI is InChI=1S/C20H21F3N2O4/c1-2-28-16-7-3-14(4-8-16)19(27)25-13-18(26)24-11-12-29-17-9-5-15(6-10-17)20(21,22)23/h3-10H,2,11-13H2,1H3,(H,24,26)(H,25,27). The molecule has 0 aliphatic rings. The molecule has 9 heteroatoms. The van der Waals surface area contributed by atoms with Crippen molar-refractivity contribution in [3.05, 3.63) is 59.7 Å². The minimum Gasteiger partial charge on any atom is -0.494 e. The predicted molar refractivity (Wildman–Crippen MR) is 99.9 cm³/mol. The molecule has 2 rings (SSSR count). The molecule has 2 N–H and O–H groups in total. The van der Waals surface area contributed by atoms with E-state index in [0.717, 1.165) is 12.1 Å². The van der Waals surface area contributed by atoms with Gasteiger partial charge in [0, 0.05) is 5.56 Å². The number of carbonyl (C=O) groups excluding carboxylic acids is 2. The van der Waals surface area contributed by atoms with Crippen molar-refractivity contribution in [3.8, 4) is 11.5 Å². The van der Waals surface area contributed by atoms with Gasteiger partial charge in [-0.15, -0.1) is 0 Å². The summed E-state index contributed by atoms with van der Waals surface area (Å²) in [7, 11) is 0. The van der Waals surface area contributed by atoms with Gasteiger partial charge in [0.25, 0.3) is 5.91 Å². The molecule has 0 saturated heterocycles. The number of alkyl halides is 3. The first-order valence-corrected chi connectivity index (χ1v) is 8.87. The summed E-state index contributed by atoms with van der Waals surface area (Å²) in [5.41, 5.74) is -0.367. The maximum atomic E-state index is 12.5. The summed E-state index contributed by atoms with van der Waals surface area (Å²) in [5, 5.41) is 5.03. The average Bonchev–Trinajstić information content (AvgIpc) is 2.70. The number of ether oxygens (including phenoxy) is 2. The largest absolute Gasteiger partial charge is 0.494 e. The van der Waals surface area contributed by atoms with Crippen molar-refractivity contribution < 1.29 is 32.2 Å². The average molecular weight is 410 g/mol. The van der Waals surface area contributed by atoms with Crippen molar-refractivity contribution in [3.63, 3.8) is 0 Å². The van der Waals surface area contributed by atoms with Crippen LogP contribution in [0.15, 0.2) is 48.5 Å². The summed E-state index contributed by atoms with van der Waals surface area (Å²) in [6.07, 6.45) is -4.40. The van der Waals surface area contributed by atoms with Crippen LogP contribution in [0.25, 0.3) is 0 Å². The number of halogens is 3. The minimum atomic E-state index is -4.40. The Bertz CT molecular complexity index is 806. The van der Waals surface area contributed by atoms with Gasteiger partial charge in [-0.3, -0.25) is 9.59 Å². The fourth-order valence-corrected chi connectivity index (χ4v) is 2.29. The van der Waals surface area contributed by atoms with Gasteiger partial charge in [-0.25, -0.2) is 0 Å². The Kier molecular flexibility index (Phi) is 7.88. The maximum Gasteiger partial charge on any atom is 0.416 e. The SMILES string of the molecule is CCOc1ccc(C(=O)NCC(=O)NCCOc2ccc(C(F)(F)F)cc2)cc1. The van der Waals surface area contributed by atoms with Crippen LogP contribution in [-0.4, -0.2) is 38.1 Å². The van der Waals surface area contributed by atoms with Gasteiger partial charge in [0.05, 0.1) is 25.3 Å². The number of amides is 2. The van der Waals surface area contributed by atoms with E-state index in [1.807, 2.05) is 6.92 Å². The van der Waals surface area contributed by atoms with Crippen LogP contribution in [0.3, 0.4) is 0 Å². The van der Waals surface area contributed by atoms with Crippen LogP contribution in [0.5, 0.6) is 11.5 Å². The maximum absolute atomic E-state index is 12.5. The molecule has 0 aliphatic heterocycles. The van der Waals surface area contributed by atoms with E-state index in [9.17, 15) is 22.8 Å². The Balaban J connectivity index is 1.66. The smallest absolute Gasteiger partial charge is 0.416 e. The van der Waals surface area contributed by atoms with Crippen molar-refractivity contribution in [2.75, 3.05) is 26.3 Å². The molecule has 2 amide bonds. The second kappa shape index (κ2) is 10.4. The molecule has 0 bridgehead atoms. The van der Waals surface area contributed by atoms with Crippen molar-refractivity contribution in [1.82, 2.24) is 10.6 Å². The normalized spacial score (nSPS) is 10.9. The Morgan fingerprint density at radius 3 is 2.07 bits per heavy atom. The molecule has 29 heavy (non-hydrogen) atoms. The summed E-state index contributed by atoms with van der Waals surface area (Å²) in [6, 6.07) is 10.8. The zero-order chi connectivity index (χ0) is 21.3. The molecule has 0 spiro atoms. The zero-order valence-corrected chi connectivity index (χ0v) is 15.7. The van der Waals surface area contributed by atoms with Crippen LogP contribution in [-0.2, 0) is 11.0 Å². The number of rotatable bonds is 9.